The first-order valence-corrected chi connectivity index (χ1v) is 11.7. The zero-order chi connectivity index (χ0) is 23.7. The van der Waals surface area contributed by atoms with E-state index in [1.807, 2.05) is 29.7 Å². The lowest BCUT2D eigenvalue weighted by Gasteiger charge is -2.38. The van der Waals surface area contributed by atoms with Crippen molar-refractivity contribution >= 4 is 11.6 Å². The molecular formula is C29H30N4O. The summed E-state index contributed by atoms with van der Waals surface area (Å²) in [5, 5.41) is 0. The molecule has 0 bridgehead atoms. The number of anilines is 2. The SMILES string of the molecule is Cc1ccc(CN2CN(c3ccc(C)cc3)c3nc(C)c(Cc4ccccc4)c(=O)n3C2)cc1. The highest BCUT2D eigenvalue weighted by Gasteiger charge is 2.28. The van der Waals surface area contributed by atoms with Crippen molar-refractivity contribution in [1.29, 1.82) is 0 Å². The molecule has 172 valence electrons. The molecule has 0 fully saturated rings. The summed E-state index contributed by atoms with van der Waals surface area (Å²) in [5.41, 5.74) is 7.43. The fourth-order valence-corrected chi connectivity index (χ4v) is 4.50. The van der Waals surface area contributed by atoms with Crippen LogP contribution in [-0.2, 0) is 19.6 Å². The molecule has 1 aliphatic rings. The average Bonchev–Trinajstić information content (AvgIpc) is 2.84. The molecule has 0 N–H and O–H groups in total. The third kappa shape index (κ3) is 4.52. The van der Waals surface area contributed by atoms with Crippen molar-refractivity contribution in [3.8, 4) is 0 Å². The molecule has 34 heavy (non-hydrogen) atoms. The van der Waals surface area contributed by atoms with E-state index in [1.165, 1.54) is 16.7 Å². The third-order valence-electron chi connectivity index (χ3n) is 6.47. The van der Waals surface area contributed by atoms with Gasteiger partial charge in [-0.25, -0.2) is 4.98 Å². The van der Waals surface area contributed by atoms with Crippen molar-refractivity contribution in [3.05, 3.63) is 123 Å². The summed E-state index contributed by atoms with van der Waals surface area (Å²) < 4.78 is 1.84. The number of nitrogens with zero attached hydrogens (tertiary/aromatic N) is 4. The summed E-state index contributed by atoms with van der Waals surface area (Å²) in [6.07, 6.45) is 0.585. The van der Waals surface area contributed by atoms with Gasteiger partial charge in [-0.15, -0.1) is 0 Å². The van der Waals surface area contributed by atoms with Crippen LogP contribution in [0.1, 0.15) is 33.5 Å². The van der Waals surface area contributed by atoms with Gasteiger partial charge in [-0.05, 0) is 44.0 Å². The Morgan fingerprint density at radius 3 is 2.09 bits per heavy atom. The van der Waals surface area contributed by atoms with Crippen LogP contribution in [0, 0.1) is 20.8 Å². The van der Waals surface area contributed by atoms with E-state index in [-0.39, 0.29) is 5.56 Å². The van der Waals surface area contributed by atoms with Gasteiger partial charge in [0.25, 0.3) is 5.56 Å². The Bertz CT molecular complexity index is 1340. The predicted octanol–water partition coefficient (Wildman–Crippen LogP) is 5.33. The Labute approximate surface area is 200 Å². The van der Waals surface area contributed by atoms with Crippen LogP contribution in [0.25, 0.3) is 0 Å². The van der Waals surface area contributed by atoms with Crippen molar-refractivity contribution in [2.24, 2.45) is 0 Å². The Hall–Kier alpha value is -3.70. The number of rotatable bonds is 5. The lowest BCUT2D eigenvalue weighted by atomic mass is 10.1. The van der Waals surface area contributed by atoms with Gasteiger partial charge >= 0.3 is 0 Å². The summed E-state index contributed by atoms with van der Waals surface area (Å²) in [7, 11) is 0. The van der Waals surface area contributed by atoms with E-state index < -0.39 is 0 Å². The molecule has 0 radical (unpaired) electrons. The summed E-state index contributed by atoms with van der Waals surface area (Å²) in [6, 6.07) is 27.2. The van der Waals surface area contributed by atoms with Crippen LogP contribution in [0.3, 0.4) is 0 Å². The van der Waals surface area contributed by atoms with Crippen LogP contribution in [0.4, 0.5) is 11.6 Å². The quantitative estimate of drug-likeness (QED) is 0.412. The van der Waals surface area contributed by atoms with E-state index in [0.717, 1.165) is 29.1 Å². The molecule has 0 atom stereocenters. The number of fused-ring (bicyclic) bond motifs is 1. The number of aryl methyl sites for hydroxylation is 3. The number of benzene rings is 3. The predicted molar refractivity (Wildman–Crippen MR) is 137 cm³/mol. The topological polar surface area (TPSA) is 41.4 Å². The van der Waals surface area contributed by atoms with Gasteiger partial charge in [0.05, 0.1) is 19.0 Å². The van der Waals surface area contributed by atoms with Crippen molar-refractivity contribution in [2.45, 2.75) is 40.4 Å². The molecule has 2 heterocycles. The second kappa shape index (κ2) is 9.27. The molecule has 0 unspecified atom stereocenters. The largest absolute Gasteiger partial charge is 0.298 e. The highest BCUT2D eigenvalue weighted by atomic mass is 16.1. The van der Waals surface area contributed by atoms with Gasteiger partial charge in [0.2, 0.25) is 5.95 Å². The number of hydrogen-bond donors (Lipinski definition) is 0. The van der Waals surface area contributed by atoms with Gasteiger partial charge in [0.1, 0.15) is 0 Å². The standard InChI is InChI=1S/C29H30N4O/c1-21-9-13-25(14-10-21)18-31-19-32(26-15-11-22(2)12-16-26)29-30-23(3)27(28(34)33(29)20-31)17-24-7-5-4-6-8-24/h4-16H,17-20H2,1-3H3. The van der Waals surface area contributed by atoms with E-state index in [9.17, 15) is 4.79 Å². The number of aromatic nitrogens is 2. The van der Waals surface area contributed by atoms with Gasteiger partial charge in [-0.3, -0.25) is 19.2 Å². The first-order valence-electron chi connectivity index (χ1n) is 11.7. The maximum absolute atomic E-state index is 13.8. The Balaban J connectivity index is 1.56. The van der Waals surface area contributed by atoms with Crippen LogP contribution in [0.5, 0.6) is 0 Å². The van der Waals surface area contributed by atoms with Gasteiger partial charge in [-0.2, -0.15) is 0 Å². The highest BCUT2D eigenvalue weighted by molar-refractivity contribution is 5.59. The van der Waals surface area contributed by atoms with E-state index in [4.69, 9.17) is 4.98 Å². The smallest absolute Gasteiger partial charge is 0.259 e. The summed E-state index contributed by atoms with van der Waals surface area (Å²) in [4.78, 5) is 23.2. The Morgan fingerprint density at radius 1 is 0.765 bits per heavy atom. The van der Waals surface area contributed by atoms with Gasteiger partial charge < -0.3 is 0 Å². The van der Waals surface area contributed by atoms with Crippen LogP contribution in [-0.4, -0.2) is 21.1 Å². The van der Waals surface area contributed by atoms with Crippen LogP contribution in [0.15, 0.2) is 83.7 Å². The minimum atomic E-state index is 0.0390. The van der Waals surface area contributed by atoms with Gasteiger partial charge in [0.15, 0.2) is 0 Å². The maximum Gasteiger partial charge on any atom is 0.259 e. The second-order valence-corrected chi connectivity index (χ2v) is 9.23. The van der Waals surface area contributed by atoms with Crippen LogP contribution >= 0.6 is 0 Å². The second-order valence-electron chi connectivity index (χ2n) is 9.23. The highest BCUT2D eigenvalue weighted by Crippen LogP contribution is 2.29. The zero-order valence-electron chi connectivity index (χ0n) is 20.0. The summed E-state index contributed by atoms with van der Waals surface area (Å²) in [6.45, 7) is 8.07. The molecule has 0 saturated heterocycles. The Kier molecular flexibility index (Phi) is 6.03. The van der Waals surface area contributed by atoms with Crippen molar-refractivity contribution in [3.63, 3.8) is 0 Å². The fourth-order valence-electron chi connectivity index (χ4n) is 4.50. The molecule has 4 aromatic rings. The van der Waals surface area contributed by atoms with E-state index >= 15 is 0 Å². The number of hydrogen-bond acceptors (Lipinski definition) is 4. The van der Waals surface area contributed by atoms with Crippen molar-refractivity contribution < 1.29 is 0 Å². The summed E-state index contributed by atoms with van der Waals surface area (Å²) >= 11 is 0. The molecule has 1 aliphatic heterocycles. The third-order valence-corrected chi connectivity index (χ3v) is 6.47. The normalized spacial score (nSPS) is 13.7. The van der Waals surface area contributed by atoms with Gasteiger partial charge in [-0.1, -0.05) is 77.9 Å². The summed E-state index contributed by atoms with van der Waals surface area (Å²) in [5.74, 6) is 0.711. The monoisotopic (exact) mass is 450 g/mol. The van der Waals surface area contributed by atoms with Crippen molar-refractivity contribution in [1.82, 2.24) is 14.5 Å². The molecule has 0 aliphatic carbocycles. The molecule has 0 amide bonds. The first-order chi connectivity index (χ1) is 16.5. The minimum absolute atomic E-state index is 0.0390. The van der Waals surface area contributed by atoms with Crippen LogP contribution < -0.4 is 10.5 Å². The average molecular weight is 451 g/mol. The fraction of sp³-hybridized carbons (Fsp3) is 0.241. The molecular weight excluding hydrogens is 420 g/mol. The molecule has 3 aromatic carbocycles. The Morgan fingerprint density at radius 2 is 1.41 bits per heavy atom. The lowest BCUT2D eigenvalue weighted by Crippen LogP contribution is -2.47. The van der Waals surface area contributed by atoms with Gasteiger partial charge in [0, 0.05) is 24.2 Å². The van der Waals surface area contributed by atoms with E-state index in [0.29, 0.717) is 25.7 Å². The zero-order valence-corrected chi connectivity index (χ0v) is 20.0. The minimum Gasteiger partial charge on any atom is -0.298 e. The first kappa shape index (κ1) is 22.1. The molecule has 5 rings (SSSR count). The lowest BCUT2D eigenvalue weighted by molar-refractivity contribution is 0.190. The van der Waals surface area contributed by atoms with E-state index in [2.05, 4.69) is 84.3 Å². The molecule has 1 aromatic heterocycles. The molecule has 5 heteroatoms. The maximum atomic E-state index is 13.8. The van der Waals surface area contributed by atoms with Crippen LogP contribution in [0.2, 0.25) is 0 Å². The van der Waals surface area contributed by atoms with E-state index in [1.54, 1.807) is 0 Å². The molecule has 0 spiro atoms. The van der Waals surface area contributed by atoms with Crippen molar-refractivity contribution in [2.75, 3.05) is 11.6 Å². The molecule has 5 nitrogen and oxygen atoms in total. The molecule has 0 saturated carbocycles.